The molecule has 122 valence electrons. The van der Waals surface area contributed by atoms with E-state index in [9.17, 15) is 13.2 Å². The van der Waals surface area contributed by atoms with E-state index in [0.717, 1.165) is 24.1 Å². The van der Waals surface area contributed by atoms with Crippen molar-refractivity contribution in [3.8, 4) is 0 Å². The van der Waals surface area contributed by atoms with Gasteiger partial charge in [-0.2, -0.15) is 0 Å². The fraction of sp³-hybridized carbons (Fsp3) is 0.562. The van der Waals surface area contributed by atoms with Crippen LogP contribution in [0.5, 0.6) is 0 Å². The van der Waals surface area contributed by atoms with Crippen molar-refractivity contribution in [2.45, 2.75) is 50.3 Å². The van der Waals surface area contributed by atoms with Gasteiger partial charge < -0.3 is 4.90 Å². The van der Waals surface area contributed by atoms with Gasteiger partial charge in [0.25, 0.3) is 0 Å². The molecule has 1 aromatic carbocycles. The summed E-state index contributed by atoms with van der Waals surface area (Å²) in [6.07, 6.45) is 2.13. The summed E-state index contributed by atoms with van der Waals surface area (Å²) in [6.45, 7) is 6.40. The number of hydrogen-bond acceptors (Lipinski definition) is 3. The van der Waals surface area contributed by atoms with Gasteiger partial charge in [-0.1, -0.05) is 27.2 Å². The molecule has 0 aromatic heterocycles. The maximum absolute atomic E-state index is 12.4. The topological polar surface area (TPSA) is 66.5 Å². The van der Waals surface area contributed by atoms with Crippen molar-refractivity contribution >= 4 is 21.6 Å². The van der Waals surface area contributed by atoms with Crippen LogP contribution < -0.4 is 9.62 Å². The minimum absolute atomic E-state index is 0.0502. The molecule has 0 saturated carbocycles. The van der Waals surface area contributed by atoms with Gasteiger partial charge in [-0.25, -0.2) is 13.1 Å². The van der Waals surface area contributed by atoms with Crippen LogP contribution in [0.25, 0.3) is 0 Å². The zero-order chi connectivity index (χ0) is 16.5. The molecule has 22 heavy (non-hydrogen) atoms. The highest BCUT2D eigenvalue weighted by atomic mass is 32.2. The molecule has 1 amide bonds. The highest BCUT2D eigenvalue weighted by molar-refractivity contribution is 7.89. The number of rotatable bonds is 5. The highest BCUT2D eigenvalue weighted by Gasteiger charge is 2.35. The number of sulfonamides is 1. The first-order chi connectivity index (χ1) is 10.2. The van der Waals surface area contributed by atoms with Crippen molar-refractivity contribution in [2.75, 3.05) is 18.5 Å². The first-order valence-electron chi connectivity index (χ1n) is 7.60. The fourth-order valence-corrected chi connectivity index (χ4v) is 3.81. The van der Waals surface area contributed by atoms with Gasteiger partial charge in [0.2, 0.25) is 15.9 Å². The Balaban J connectivity index is 2.41. The number of anilines is 1. The van der Waals surface area contributed by atoms with Crippen LogP contribution in [0.15, 0.2) is 23.1 Å². The third kappa shape index (κ3) is 3.17. The minimum atomic E-state index is -3.50. The minimum Gasteiger partial charge on any atom is -0.315 e. The molecule has 0 atom stereocenters. The van der Waals surface area contributed by atoms with Crippen molar-refractivity contribution in [3.63, 3.8) is 0 Å². The molecule has 0 saturated heterocycles. The molecular weight excluding hydrogens is 300 g/mol. The Morgan fingerprint density at radius 2 is 2.00 bits per heavy atom. The van der Waals surface area contributed by atoms with Crippen LogP contribution in [0.2, 0.25) is 0 Å². The zero-order valence-corrected chi connectivity index (χ0v) is 14.5. The van der Waals surface area contributed by atoms with Crippen molar-refractivity contribution < 1.29 is 13.2 Å². The Bertz CT molecular complexity index is 681. The van der Waals surface area contributed by atoms with E-state index in [2.05, 4.69) is 4.72 Å². The molecule has 1 heterocycles. The summed E-state index contributed by atoms with van der Waals surface area (Å²) in [5, 5.41) is 0. The van der Waals surface area contributed by atoms with Crippen molar-refractivity contribution in [3.05, 3.63) is 23.8 Å². The van der Waals surface area contributed by atoms with Crippen LogP contribution in [0.1, 0.15) is 45.6 Å². The lowest BCUT2D eigenvalue weighted by Crippen LogP contribution is -2.39. The first kappa shape index (κ1) is 17.0. The van der Waals surface area contributed by atoms with Gasteiger partial charge in [0.15, 0.2) is 0 Å². The van der Waals surface area contributed by atoms with Crippen molar-refractivity contribution in [1.29, 1.82) is 0 Å². The summed E-state index contributed by atoms with van der Waals surface area (Å²) in [7, 11) is -1.77. The number of amides is 1. The van der Waals surface area contributed by atoms with Gasteiger partial charge in [-0.3, -0.25) is 4.79 Å². The SMILES string of the molecule is CCCCNS(=O)(=O)c1ccc2c(c1)C(C)(C)CC(=O)N2C. The third-order valence-corrected chi connectivity index (χ3v) is 5.62. The molecule has 0 spiro atoms. The molecule has 6 heteroatoms. The number of benzene rings is 1. The summed E-state index contributed by atoms with van der Waals surface area (Å²) in [5.41, 5.74) is 1.31. The van der Waals surface area contributed by atoms with E-state index in [0.29, 0.717) is 13.0 Å². The summed E-state index contributed by atoms with van der Waals surface area (Å²) in [6, 6.07) is 4.99. The second-order valence-corrected chi connectivity index (χ2v) is 8.21. The number of nitrogens with zero attached hydrogens (tertiary/aromatic N) is 1. The number of carbonyl (C=O) groups is 1. The predicted molar refractivity (Wildman–Crippen MR) is 87.6 cm³/mol. The summed E-state index contributed by atoms with van der Waals surface area (Å²) in [4.78, 5) is 13.9. The quantitative estimate of drug-likeness (QED) is 0.846. The summed E-state index contributed by atoms with van der Waals surface area (Å²) in [5.74, 6) is 0.0502. The van der Waals surface area contributed by atoms with E-state index < -0.39 is 10.0 Å². The Kier molecular flexibility index (Phi) is 4.63. The van der Waals surface area contributed by atoms with Gasteiger partial charge >= 0.3 is 0 Å². The van der Waals surface area contributed by atoms with Crippen LogP contribution in [-0.4, -0.2) is 27.9 Å². The number of fused-ring (bicyclic) bond motifs is 1. The lowest BCUT2D eigenvalue weighted by Gasteiger charge is -2.37. The molecule has 0 unspecified atom stereocenters. The standard InChI is InChI=1S/C16H24N2O3S/c1-5-6-9-17-22(20,21)12-7-8-14-13(10-12)16(2,3)11-15(19)18(14)4/h7-8,10,17H,5-6,9,11H2,1-4H3. The number of unbranched alkanes of at least 4 members (excludes halogenated alkanes) is 1. The maximum atomic E-state index is 12.4. The monoisotopic (exact) mass is 324 g/mol. The van der Waals surface area contributed by atoms with E-state index in [1.54, 1.807) is 30.1 Å². The van der Waals surface area contributed by atoms with E-state index in [1.807, 2.05) is 20.8 Å². The number of carbonyl (C=O) groups excluding carboxylic acids is 1. The normalized spacial score (nSPS) is 17.5. The molecular formula is C16H24N2O3S. The zero-order valence-electron chi connectivity index (χ0n) is 13.6. The number of hydrogen-bond donors (Lipinski definition) is 1. The molecule has 0 aliphatic carbocycles. The molecule has 1 aliphatic heterocycles. The van der Waals surface area contributed by atoms with Crippen LogP contribution in [0.4, 0.5) is 5.69 Å². The Morgan fingerprint density at radius 3 is 2.64 bits per heavy atom. The molecule has 0 bridgehead atoms. The maximum Gasteiger partial charge on any atom is 0.240 e. The average molecular weight is 324 g/mol. The molecule has 0 fully saturated rings. The second-order valence-electron chi connectivity index (χ2n) is 6.44. The van der Waals surface area contributed by atoms with Crippen LogP contribution in [0.3, 0.4) is 0 Å². The van der Waals surface area contributed by atoms with Gasteiger partial charge in [0, 0.05) is 31.1 Å². The smallest absolute Gasteiger partial charge is 0.240 e. The van der Waals surface area contributed by atoms with Crippen molar-refractivity contribution in [1.82, 2.24) is 4.72 Å². The Morgan fingerprint density at radius 1 is 1.32 bits per heavy atom. The second kappa shape index (κ2) is 6.01. The summed E-state index contributed by atoms with van der Waals surface area (Å²) >= 11 is 0. The molecule has 5 nitrogen and oxygen atoms in total. The Labute approximate surface area is 132 Å². The van der Waals surface area contributed by atoms with Gasteiger partial charge in [-0.05, 0) is 30.2 Å². The lowest BCUT2D eigenvalue weighted by atomic mass is 9.77. The average Bonchev–Trinajstić information content (AvgIpc) is 2.44. The van der Waals surface area contributed by atoms with E-state index in [-0.39, 0.29) is 16.2 Å². The van der Waals surface area contributed by atoms with Gasteiger partial charge in [-0.15, -0.1) is 0 Å². The third-order valence-electron chi connectivity index (χ3n) is 4.16. The predicted octanol–water partition coefficient (Wildman–Crippen LogP) is 2.41. The molecule has 0 radical (unpaired) electrons. The van der Waals surface area contributed by atoms with E-state index in [1.165, 1.54) is 0 Å². The highest BCUT2D eigenvalue weighted by Crippen LogP contribution is 2.40. The van der Waals surface area contributed by atoms with Crippen LogP contribution in [-0.2, 0) is 20.2 Å². The molecule has 1 aromatic rings. The molecule has 2 rings (SSSR count). The van der Waals surface area contributed by atoms with E-state index in [4.69, 9.17) is 0 Å². The van der Waals surface area contributed by atoms with Gasteiger partial charge in [0.05, 0.1) is 4.90 Å². The Hall–Kier alpha value is -1.40. The largest absolute Gasteiger partial charge is 0.315 e. The van der Waals surface area contributed by atoms with Crippen LogP contribution in [0, 0.1) is 0 Å². The van der Waals surface area contributed by atoms with Crippen LogP contribution >= 0.6 is 0 Å². The summed E-state index contributed by atoms with van der Waals surface area (Å²) < 4.78 is 27.3. The molecule has 1 N–H and O–H groups in total. The van der Waals surface area contributed by atoms with Gasteiger partial charge in [0.1, 0.15) is 0 Å². The van der Waals surface area contributed by atoms with E-state index >= 15 is 0 Å². The fourth-order valence-electron chi connectivity index (χ4n) is 2.71. The molecule has 1 aliphatic rings. The number of nitrogens with one attached hydrogen (secondary N) is 1. The van der Waals surface area contributed by atoms with Crippen molar-refractivity contribution in [2.24, 2.45) is 0 Å². The lowest BCUT2D eigenvalue weighted by molar-refractivity contribution is -0.119. The first-order valence-corrected chi connectivity index (χ1v) is 9.08.